The molecule has 0 bridgehead atoms. The molecule has 0 aromatic heterocycles. The van der Waals surface area contributed by atoms with Crippen molar-refractivity contribution in [1.82, 2.24) is 10.2 Å². The van der Waals surface area contributed by atoms with Crippen molar-refractivity contribution >= 4 is 23.2 Å². The number of rotatable bonds is 1. The Morgan fingerprint density at radius 3 is 2.81 bits per heavy atom. The summed E-state index contributed by atoms with van der Waals surface area (Å²) in [4.78, 5) is 2.36. The summed E-state index contributed by atoms with van der Waals surface area (Å²) in [6.07, 6.45) is 1.11. The Hall–Kier alpha value is -0.280. The molecular formula is C12H16Cl2N2. The van der Waals surface area contributed by atoms with Crippen LogP contribution in [0, 0.1) is 0 Å². The van der Waals surface area contributed by atoms with E-state index in [1.165, 1.54) is 5.56 Å². The molecule has 1 fully saturated rings. The third-order valence-electron chi connectivity index (χ3n) is 3.10. The summed E-state index contributed by atoms with van der Waals surface area (Å²) in [5.74, 6) is 0. The van der Waals surface area contributed by atoms with Gasteiger partial charge in [-0.1, -0.05) is 29.3 Å². The van der Waals surface area contributed by atoms with Crippen molar-refractivity contribution in [2.75, 3.05) is 26.7 Å². The van der Waals surface area contributed by atoms with Crippen LogP contribution in [0.3, 0.4) is 0 Å². The number of hydrogen-bond acceptors (Lipinski definition) is 2. The van der Waals surface area contributed by atoms with E-state index in [1.54, 1.807) is 0 Å². The van der Waals surface area contributed by atoms with E-state index >= 15 is 0 Å². The number of halogens is 2. The van der Waals surface area contributed by atoms with Crippen LogP contribution in [0.5, 0.6) is 0 Å². The number of nitrogens with zero attached hydrogens (tertiary/aromatic N) is 1. The van der Waals surface area contributed by atoms with E-state index in [0.717, 1.165) is 26.1 Å². The summed E-state index contributed by atoms with van der Waals surface area (Å²) in [7, 11) is 2.15. The van der Waals surface area contributed by atoms with Crippen LogP contribution >= 0.6 is 23.2 Å². The fourth-order valence-electron chi connectivity index (χ4n) is 2.14. The summed E-state index contributed by atoms with van der Waals surface area (Å²) in [6.45, 7) is 3.16. The first-order valence-electron chi connectivity index (χ1n) is 5.54. The average Bonchev–Trinajstić information content (AvgIpc) is 2.47. The summed E-state index contributed by atoms with van der Waals surface area (Å²) < 4.78 is 0. The lowest BCUT2D eigenvalue weighted by Crippen LogP contribution is -2.26. The minimum Gasteiger partial charge on any atom is -0.315 e. The standard InChI is InChI=1S/C12H16Cl2N2/c1-16-7-6-15-5-4-12(16)9-2-3-10(13)11(14)8-9/h2-3,8,12,15H,4-7H2,1H3. The molecule has 1 aromatic carbocycles. The Morgan fingerprint density at radius 2 is 2.06 bits per heavy atom. The zero-order valence-corrected chi connectivity index (χ0v) is 10.9. The molecule has 1 aromatic rings. The van der Waals surface area contributed by atoms with Crippen LogP contribution in [0.15, 0.2) is 18.2 Å². The van der Waals surface area contributed by atoms with Gasteiger partial charge in [0.1, 0.15) is 0 Å². The molecule has 0 radical (unpaired) electrons. The Labute approximate surface area is 107 Å². The Bertz CT molecular complexity index is 368. The quantitative estimate of drug-likeness (QED) is 0.834. The maximum atomic E-state index is 6.06. The van der Waals surface area contributed by atoms with Crippen LogP contribution in [0.2, 0.25) is 10.0 Å². The van der Waals surface area contributed by atoms with Gasteiger partial charge in [0, 0.05) is 19.1 Å². The third-order valence-corrected chi connectivity index (χ3v) is 3.84. The predicted octanol–water partition coefficient (Wildman–Crippen LogP) is 2.96. The highest BCUT2D eigenvalue weighted by Crippen LogP contribution is 2.29. The second-order valence-corrected chi connectivity index (χ2v) is 5.02. The zero-order chi connectivity index (χ0) is 11.5. The van der Waals surface area contributed by atoms with E-state index < -0.39 is 0 Å². The van der Waals surface area contributed by atoms with Gasteiger partial charge < -0.3 is 5.32 Å². The number of likely N-dealkylation sites (N-methyl/N-ethyl adjacent to an activating group) is 1. The topological polar surface area (TPSA) is 15.3 Å². The third kappa shape index (κ3) is 2.69. The normalized spacial score (nSPS) is 23.1. The van der Waals surface area contributed by atoms with Crippen LogP contribution in [0.4, 0.5) is 0 Å². The molecule has 2 rings (SSSR count). The van der Waals surface area contributed by atoms with Crippen LogP contribution < -0.4 is 5.32 Å². The molecule has 1 N–H and O–H groups in total. The van der Waals surface area contributed by atoms with E-state index in [4.69, 9.17) is 23.2 Å². The molecule has 0 aliphatic carbocycles. The maximum absolute atomic E-state index is 6.06. The van der Waals surface area contributed by atoms with E-state index in [9.17, 15) is 0 Å². The number of benzene rings is 1. The molecular weight excluding hydrogens is 243 g/mol. The molecule has 0 spiro atoms. The van der Waals surface area contributed by atoms with Gasteiger partial charge in [-0.3, -0.25) is 4.90 Å². The van der Waals surface area contributed by atoms with Crippen molar-refractivity contribution in [1.29, 1.82) is 0 Å². The molecule has 1 heterocycles. The fourth-order valence-corrected chi connectivity index (χ4v) is 2.44. The van der Waals surface area contributed by atoms with Crippen LogP contribution in [-0.2, 0) is 0 Å². The minimum absolute atomic E-state index is 0.435. The molecule has 4 heteroatoms. The zero-order valence-electron chi connectivity index (χ0n) is 9.34. The fraction of sp³-hybridized carbons (Fsp3) is 0.500. The van der Waals surface area contributed by atoms with Crippen LogP contribution in [-0.4, -0.2) is 31.6 Å². The summed E-state index contributed by atoms with van der Waals surface area (Å²) in [6, 6.07) is 6.37. The second kappa shape index (κ2) is 5.37. The lowest BCUT2D eigenvalue weighted by Gasteiger charge is -2.25. The monoisotopic (exact) mass is 258 g/mol. The van der Waals surface area contributed by atoms with Gasteiger partial charge in [-0.25, -0.2) is 0 Å². The van der Waals surface area contributed by atoms with Gasteiger partial charge in [0.05, 0.1) is 10.0 Å². The first kappa shape index (κ1) is 12.2. The first-order valence-corrected chi connectivity index (χ1v) is 6.30. The summed E-state index contributed by atoms with van der Waals surface area (Å²) >= 11 is 12.0. The van der Waals surface area contributed by atoms with Crippen LogP contribution in [0.1, 0.15) is 18.0 Å². The van der Waals surface area contributed by atoms with Gasteiger partial charge in [0.25, 0.3) is 0 Å². The van der Waals surface area contributed by atoms with Crippen molar-refractivity contribution in [3.63, 3.8) is 0 Å². The van der Waals surface area contributed by atoms with Crippen molar-refractivity contribution in [2.24, 2.45) is 0 Å². The highest BCUT2D eigenvalue weighted by Gasteiger charge is 2.19. The van der Waals surface area contributed by atoms with Crippen LogP contribution in [0.25, 0.3) is 0 Å². The molecule has 1 saturated heterocycles. The molecule has 88 valence electrons. The Balaban J connectivity index is 2.23. The van der Waals surface area contributed by atoms with Gasteiger partial charge in [0.2, 0.25) is 0 Å². The van der Waals surface area contributed by atoms with E-state index in [1.807, 2.05) is 12.1 Å². The van der Waals surface area contributed by atoms with Gasteiger partial charge in [-0.15, -0.1) is 0 Å². The Kier molecular flexibility index (Phi) is 4.09. The van der Waals surface area contributed by atoms with Gasteiger partial charge in [-0.05, 0) is 37.7 Å². The van der Waals surface area contributed by atoms with Gasteiger partial charge in [0.15, 0.2) is 0 Å². The molecule has 1 aliphatic rings. The smallest absolute Gasteiger partial charge is 0.0595 e. The van der Waals surface area contributed by atoms with E-state index in [2.05, 4.69) is 23.3 Å². The SMILES string of the molecule is CN1CCNCCC1c1ccc(Cl)c(Cl)c1. The second-order valence-electron chi connectivity index (χ2n) is 4.21. The molecule has 16 heavy (non-hydrogen) atoms. The highest BCUT2D eigenvalue weighted by molar-refractivity contribution is 6.42. The van der Waals surface area contributed by atoms with Crippen molar-refractivity contribution in [3.05, 3.63) is 33.8 Å². The van der Waals surface area contributed by atoms with Crippen molar-refractivity contribution in [2.45, 2.75) is 12.5 Å². The minimum atomic E-state index is 0.435. The number of nitrogens with one attached hydrogen (secondary N) is 1. The highest BCUT2D eigenvalue weighted by atomic mass is 35.5. The van der Waals surface area contributed by atoms with Crippen molar-refractivity contribution in [3.8, 4) is 0 Å². The largest absolute Gasteiger partial charge is 0.315 e. The number of hydrogen-bond donors (Lipinski definition) is 1. The molecule has 0 saturated carbocycles. The predicted molar refractivity (Wildman–Crippen MR) is 69.3 cm³/mol. The Morgan fingerprint density at radius 1 is 1.25 bits per heavy atom. The molecule has 0 amide bonds. The van der Waals surface area contributed by atoms with E-state index in [0.29, 0.717) is 16.1 Å². The molecule has 1 unspecified atom stereocenters. The van der Waals surface area contributed by atoms with Crippen molar-refractivity contribution < 1.29 is 0 Å². The van der Waals surface area contributed by atoms with E-state index in [-0.39, 0.29) is 0 Å². The lowest BCUT2D eigenvalue weighted by atomic mass is 10.0. The molecule has 1 atom stereocenters. The summed E-state index contributed by atoms with van der Waals surface area (Å²) in [5.41, 5.74) is 1.25. The van der Waals surface area contributed by atoms with Gasteiger partial charge >= 0.3 is 0 Å². The lowest BCUT2D eigenvalue weighted by molar-refractivity contribution is 0.258. The summed E-state index contributed by atoms with van der Waals surface area (Å²) in [5, 5.41) is 4.67. The molecule has 2 nitrogen and oxygen atoms in total. The molecule has 1 aliphatic heterocycles. The first-order chi connectivity index (χ1) is 7.68. The average molecular weight is 259 g/mol. The van der Waals surface area contributed by atoms with Gasteiger partial charge in [-0.2, -0.15) is 0 Å². The maximum Gasteiger partial charge on any atom is 0.0595 e.